The second-order valence-electron chi connectivity index (χ2n) is 5.96. The van der Waals surface area contributed by atoms with Crippen molar-refractivity contribution < 1.29 is 14.3 Å². The van der Waals surface area contributed by atoms with Gasteiger partial charge in [-0.15, -0.1) is 0 Å². The Labute approximate surface area is 146 Å². The summed E-state index contributed by atoms with van der Waals surface area (Å²) in [5.74, 6) is 1.35. The van der Waals surface area contributed by atoms with Gasteiger partial charge in [-0.05, 0) is 49.9 Å². The molecule has 0 spiro atoms. The smallest absolute Gasteiger partial charge is 0.241 e. The number of anilines is 1. The highest BCUT2D eigenvalue weighted by atomic mass is 16.7. The van der Waals surface area contributed by atoms with E-state index >= 15 is 0 Å². The Morgan fingerprint density at radius 1 is 1.28 bits per heavy atom. The maximum Gasteiger partial charge on any atom is 0.241 e. The minimum atomic E-state index is -0.337. The number of ether oxygens (including phenoxy) is 2. The number of hydrogen-bond donors (Lipinski definition) is 1. The molecule has 2 aromatic rings. The highest BCUT2D eigenvalue weighted by molar-refractivity contribution is 5.94. The number of fused-ring (bicyclic) bond motifs is 1. The van der Waals surface area contributed by atoms with E-state index in [4.69, 9.17) is 14.7 Å². The lowest BCUT2D eigenvalue weighted by molar-refractivity contribution is -0.120. The third-order valence-corrected chi connectivity index (χ3v) is 4.17. The molecule has 1 aliphatic rings. The molecular formula is C19H19N3O3. The van der Waals surface area contributed by atoms with Crippen molar-refractivity contribution in [1.29, 1.82) is 5.26 Å². The molecular weight excluding hydrogens is 318 g/mol. The molecule has 0 fully saturated rings. The average Bonchev–Trinajstić information content (AvgIpc) is 3.08. The van der Waals surface area contributed by atoms with Gasteiger partial charge >= 0.3 is 0 Å². The van der Waals surface area contributed by atoms with Crippen LogP contribution in [0.15, 0.2) is 42.5 Å². The fourth-order valence-electron chi connectivity index (χ4n) is 2.58. The van der Waals surface area contributed by atoms with Crippen LogP contribution in [-0.2, 0) is 11.3 Å². The Bertz CT molecular complexity index is 829. The van der Waals surface area contributed by atoms with Crippen molar-refractivity contribution in [3.8, 4) is 17.6 Å². The van der Waals surface area contributed by atoms with Gasteiger partial charge in [0.25, 0.3) is 0 Å². The fourth-order valence-corrected chi connectivity index (χ4v) is 2.58. The molecule has 128 valence electrons. The molecule has 1 atom stereocenters. The molecule has 3 rings (SSSR count). The average molecular weight is 337 g/mol. The van der Waals surface area contributed by atoms with Gasteiger partial charge in [0.05, 0.1) is 17.7 Å². The van der Waals surface area contributed by atoms with Crippen LogP contribution < -0.4 is 14.8 Å². The van der Waals surface area contributed by atoms with Crippen molar-refractivity contribution in [3.05, 3.63) is 53.6 Å². The molecule has 6 nitrogen and oxygen atoms in total. The Morgan fingerprint density at radius 2 is 2.08 bits per heavy atom. The van der Waals surface area contributed by atoms with Crippen molar-refractivity contribution in [2.45, 2.75) is 19.5 Å². The summed E-state index contributed by atoms with van der Waals surface area (Å²) in [5.41, 5.74) is 2.17. The standard InChI is InChI=1S/C19H19N3O3/c1-13(19(23)21-16-5-3-4-14(8-16)10-20)22(2)11-15-6-7-17-18(9-15)25-12-24-17/h3-9,13H,11-12H2,1-2H3,(H,21,23)/t13-/m0/s1. The van der Waals surface area contributed by atoms with Crippen molar-refractivity contribution in [2.75, 3.05) is 19.2 Å². The van der Waals surface area contributed by atoms with Crippen molar-refractivity contribution >= 4 is 11.6 Å². The topological polar surface area (TPSA) is 74.6 Å². The van der Waals surface area contributed by atoms with Gasteiger partial charge in [-0.25, -0.2) is 0 Å². The van der Waals surface area contributed by atoms with Gasteiger partial charge in [0.15, 0.2) is 11.5 Å². The summed E-state index contributed by atoms with van der Waals surface area (Å²) in [4.78, 5) is 14.4. The predicted molar refractivity (Wildman–Crippen MR) is 93.3 cm³/mol. The van der Waals surface area contributed by atoms with Gasteiger partial charge in [0, 0.05) is 12.2 Å². The van der Waals surface area contributed by atoms with Gasteiger partial charge in [0.1, 0.15) is 0 Å². The van der Waals surface area contributed by atoms with E-state index < -0.39 is 0 Å². The monoisotopic (exact) mass is 337 g/mol. The maximum atomic E-state index is 12.5. The number of benzene rings is 2. The first kappa shape index (κ1) is 16.8. The molecule has 1 aliphatic heterocycles. The Kier molecular flexibility index (Phi) is 4.87. The summed E-state index contributed by atoms with van der Waals surface area (Å²) in [6.45, 7) is 2.69. The van der Waals surface area contributed by atoms with E-state index in [0.717, 1.165) is 17.1 Å². The van der Waals surface area contributed by atoms with Gasteiger partial charge in [-0.2, -0.15) is 5.26 Å². The number of nitrogens with zero attached hydrogens (tertiary/aromatic N) is 2. The molecule has 25 heavy (non-hydrogen) atoms. The van der Waals surface area contributed by atoms with E-state index in [9.17, 15) is 4.79 Å². The second-order valence-corrected chi connectivity index (χ2v) is 5.96. The molecule has 1 amide bonds. The van der Waals surface area contributed by atoms with Crippen LogP contribution in [0.25, 0.3) is 0 Å². The van der Waals surface area contributed by atoms with Gasteiger partial charge < -0.3 is 14.8 Å². The summed E-state index contributed by atoms with van der Waals surface area (Å²) >= 11 is 0. The number of carbonyl (C=O) groups excluding carboxylic acids is 1. The minimum absolute atomic E-state index is 0.127. The van der Waals surface area contributed by atoms with E-state index in [1.807, 2.05) is 37.1 Å². The largest absolute Gasteiger partial charge is 0.454 e. The first-order chi connectivity index (χ1) is 12.1. The summed E-state index contributed by atoms with van der Waals surface area (Å²) in [6.07, 6.45) is 0. The molecule has 0 bridgehead atoms. The lowest BCUT2D eigenvalue weighted by atomic mass is 10.1. The number of rotatable bonds is 5. The Hall–Kier alpha value is -3.04. The lowest BCUT2D eigenvalue weighted by Crippen LogP contribution is -2.39. The molecule has 0 unspecified atom stereocenters. The molecule has 0 aromatic heterocycles. The lowest BCUT2D eigenvalue weighted by Gasteiger charge is -2.24. The minimum Gasteiger partial charge on any atom is -0.454 e. The normalized spacial score (nSPS) is 13.4. The number of nitrogens with one attached hydrogen (secondary N) is 1. The molecule has 6 heteroatoms. The number of likely N-dealkylation sites (N-methyl/N-ethyl adjacent to an activating group) is 1. The van der Waals surface area contributed by atoms with Crippen LogP contribution >= 0.6 is 0 Å². The predicted octanol–water partition coefficient (Wildman–Crippen LogP) is 2.75. The van der Waals surface area contributed by atoms with Gasteiger partial charge in [-0.3, -0.25) is 9.69 Å². The summed E-state index contributed by atoms with van der Waals surface area (Å²) < 4.78 is 10.7. The van der Waals surface area contributed by atoms with Crippen LogP contribution in [0, 0.1) is 11.3 Å². The number of nitriles is 1. The van der Waals surface area contributed by atoms with Crippen LogP contribution in [0.1, 0.15) is 18.1 Å². The van der Waals surface area contributed by atoms with Gasteiger partial charge in [0.2, 0.25) is 12.7 Å². The van der Waals surface area contributed by atoms with Crippen LogP contribution in [0.3, 0.4) is 0 Å². The molecule has 0 saturated carbocycles. The SMILES string of the molecule is C[C@@H](C(=O)Nc1cccc(C#N)c1)N(C)Cc1ccc2c(c1)OCO2. The first-order valence-corrected chi connectivity index (χ1v) is 7.96. The maximum absolute atomic E-state index is 12.5. The molecule has 1 N–H and O–H groups in total. The zero-order valence-corrected chi connectivity index (χ0v) is 14.2. The quantitative estimate of drug-likeness (QED) is 0.908. The third kappa shape index (κ3) is 3.90. The second kappa shape index (κ2) is 7.24. The molecule has 0 radical (unpaired) electrons. The van der Waals surface area contributed by atoms with E-state index in [2.05, 4.69) is 11.4 Å². The fraction of sp³-hybridized carbons (Fsp3) is 0.263. The van der Waals surface area contributed by atoms with Gasteiger partial charge in [-0.1, -0.05) is 12.1 Å². The summed E-state index contributed by atoms with van der Waals surface area (Å²) in [6, 6.07) is 14.4. The first-order valence-electron chi connectivity index (χ1n) is 7.96. The van der Waals surface area contributed by atoms with Crippen LogP contribution in [0.4, 0.5) is 5.69 Å². The summed E-state index contributed by atoms with van der Waals surface area (Å²) in [7, 11) is 1.89. The van der Waals surface area contributed by atoms with Crippen LogP contribution in [0.5, 0.6) is 11.5 Å². The zero-order valence-electron chi connectivity index (χ0n) is 14.2. The number of hydrogen-bond acceptors (Lipinski definition) is 5. The van der Waals surface area contributed by atoms with E-state index in [0.29, 0.717) is 17.8 Å². The number of carbonyl (C=O) groups is 1. The van der Waals surface area contributed by atoms with Crippen LogP contribution in [-0.4, -0.2) is 30.7 Å². The molecule has 2 aromatic carbocycles. The van der Waals surface area contributed by atoms with Crippen molar-refractivity contribution in [1.82, 2.24) is 4.90 Å². The Morgan fingerprint density at radius 3 is 2.88 bits per heavy atom. The molecule has 0 aliphatic carbocycles. The highest BCUT2D eigenvalue weighted by Crippen LogP contribution is 2.32. The van der Waals surface area contributed by atoms with Crippen molar-refractivity contribution in [3.63, 3.8) is 0 Å². The Balaban J connectivity index is 1.62. The van der Waals surface area contributed by atoms with Crippen molar-refractivity contribution in [2.24, 2.45) is 0 Å². The van der Waals surface area contributed by atoms with Crippen LogP contribution in [0.2, 0.25) is 0 Å². The van der Waals surface area contributed by atoms with E-state index in [1.54, 1.807) is 24.3 Å². The van der Waals surface area contributed by atoms with E-state index in [-0.39, 0.29) is 18.7 Å². The highest BCUT2D eigenvalue weighted by Gasteiger charge is 2.20. The zero-order chi connectivity index (χ0) is 17.8. The molecule has 0 saturated heterocycles. The summed E-state index contributed by atoms with van der Waals surface area (Å²) in [5, 5.41) is 11.8. The number of amides is 1. The third-order valence-electron chi connectivity index (χ3n) is 4.17. The molecule has 1 heterocycles. The van der Waals surface area contributed by atoms with E-state index in [1.165, 1.54) is 0 Å².